The van der Waals surface area contributed by atoms with Gasteiger partial charge in [-0.25, -0.2) is 4.79 Å². The Morgan fingerprint density at radius 1 is 1.37 bits per heavy atom. The minimum absolute atomic E-state index is 0.220. The second kappa shape index (κ2) is 5.90. The fourth-order valence-electron chi connectivity index (χ4n) is 3.11. The summed E-state index contributed by atoms with van der Waals surface area (Å²) < 4.78 is 0. The van der Waals surface area contributed by atoms with Crippen molar-refractivity contribution < 1.29 is 14.7 Å². The molecule has 5 heteroatoms. The van der Waals surface area contributed by atoms with E-state index in [0.717, 1.165) is 19.3 Å². The molecule has 19 heavy (non-hydrogen) atoms. The van der Waals surface area contributed by atoms with Gasteiger partial charge in [0.05, 0.1) is 5.54 Å². The molecule has 1 rings (SSSR count). The van der Waals surface area contributed by atoms with Gasteiger partial charge < -0.3 is 15.7 Å². The molecule has 1 amide bonds. The summed E-state index contributed by atoms with van der Waals surface area (Å²) in [5.74, 6) is -1.12. The number of carboxylic acid groups (broad SMARTS) is 1. The quantitative estimate of drug-likeness (QED) is 0.770. The van der Waals surface area contributed by atoms with E-state index in [-0.39, 0.29) is 5.91 Å². The van der Waals surface area contributed by atoms with E-state index >= 15 is 0 Å². The summed E-state index contributed by atoms with van der Waals surface area (Å²) in [6.07, 6.45) is 3.89. The molecule has 2 unspecified atom stereocenters. The van der Waals surface area contributed by atoms with Crippen LogP contribution in [0.2, 0.25) is 0 Å². The molecule has 0 radical (unpaired) electrons. The molecule has 3 N–H and O–H groups in total. The molecular weight excluding hydrogens is 244 g/mol. The van der Waals surface area contributed by atoms with E-state index in [1.807, 2.05) is 13.8 Å². The predicted molar refractivity (Wildman–Crippen MR) is 73.7 cm³/mol. The van der Waals surface area contributed by atoms with Crippen molar-refractivity contribution in [3.63, 3.8) is 0 Å². The van der Waals surface area contributed by atoms with E-state index in [9.17, 15) is 14.7 Å². The number of nitrogens with two attached hydrogens (primary N) is 1. The summed E-state index contributed by atoms with van der Waals surface area (Å²) in [5, 5.41) is 9.58. The van der Waals surface area contributed by atoms with Gasteiger partial charge in [-0.05, 0) is 32.6 Å². The fraction of sp³-hybridized carbons (Fsp3) is 0.857. The average molecular weight is 270 g/mol. The molecule has 1 aliphatic heterocycles. The van der Waals surface area contributed by atoms with Crippen molar-refractivity contribution in [3.8, 4) is 0 Å². The molecule has 2 atom stereocenters. The highest BCUT2D eigenvalue weighted by molar-refractivity contribution is 5.92. The van der Waals surface area contributed by atoms with Gasteiger partial charge in [0.15, 0.2) is 0 Å². The summed E-state index contributed by atoms with van der Waals surface area (Å²) >= 11 is 0. The van der Waals surface area contributed by atoms with Gasteiger partial charge in [-0.3, -0.25) is 4.79 Å². The molecule has 1 fully saturated rings. The second-order valence-corrected chi connectivity index (χ2v) is 5.81. The van der Waals surface area contributed by atoms with Crippen LogP contribution < -0.4 is 5.73 Å². The first-order valence-corrected chi connectivity index (χ1v) is 7.16. The number of hydrogen-bond donors (Lipinski definition) is 2. The predicted octanol–water partition coefficient (Wildman–Crippen LogP) is 1.75. The minimum Gasteiger partial charge on any atom is -0.479 e. The molecule has 1 heterocycles. The van der Waals surface area contributed by atoms with Crippen LogP contribution in [0.5, 0.6) is 0 Å². The van der Waals surface area contributed by atoms with Crippen molar-refractivity contribution in [1.82, 2.24) is 4.90 Å². The van der Waals surface area contributed by atoms with Crippen molar-refractivity contribution in [3.05, 3.63) is 0 Å². The number of rotatable bonds is 6. The average Bonchev–Trinajstić information content (AvgIpc) is 2.73. The van der Waals surface area contributed by atoms with Crippen molar-refractivity contribution in [1.29, 1.82) is 0 Å². The van der Waals surface area contributed by atoms with Crippen LogP contribution in [-0.2, 0) is 9.59 Å². The molecule has 1 saturated heterocycles. The van der Waals surface area contributed by atoms with E-state index < -0.39 is 17.0 Å². The van der Waals surface area contributed by atoms with Crippen molar-refractivity contribution in [2.24, 2.45) is 5.73 Å². The number of nitrogens with zero attached hydrogens (tertiary/aromatic N) is 1. The molecule has 0 aliphatic carbocycles. The van der Waals surface area contributed by atoms with E-state index in [0.29, 0.717) is 25.8 Å². The molecule has 110 valence electrons. The Kier molecular flexibility index (Phi) is 4.96. The Bertz CT molecular complexity index is 355. The summed E-state index contributed by atoms with van der Waals surface area (Å²) in [4.78, 5) is 25.8. The van der Waals surface area contributed by atoms with E-state index in [2.05, 4.69) is 0 Å². The smallest absolute Gasteiger partial charge is 0.329 e. The maximum atomic E-state index is 12.6. The zero-order valence-corrected chi connectivity index (χ0v) is 12.2. The first-order valence-electron chi connectivity index (χ1n) is 7.16. The maximum Gasteiger partial charge on any atom is 0.329 e. The lowest BCUT2D eigenvalue weighted by molar-refractivity contribution is -0.159. The van der Waals surface area contributed by atoms with E-state index in [1.54, 1.807) is 6.92 Å². The lowest BCUT2D eigenvalue weighted by atomic mass is 9.88. The fourth-order valence-corrected chi connectivity index (χ4v) is 3.11. The SMILES string of the molecule is CCCC(C)(N)C(=O)N1CCCC1(CCC)C(=O)O. The standard InChI is InChI=1S/C14H26N2O3/c1-4-7-13(3,15)11(17)16-10-6-9-14(16,8-5-2)12(18)19/h4-10,15H2,1-3H3,(H,18,19). The van der Waals surface area contributed by atoms with Gasteiger partial charge in [0, 0.05) is 6.54 Å². The number of likely N-dealkylation sites (tertiary alicyclic amines) is 1. The Morgan fingerprint density at radius 2 is 2.00 bits per heavy atom. The van der Waals surface area contributed by atoms with Crippen molar-refractivity contribution in [2.45, 2.75) is 70.4 Å². The van der Waals surface area contributed by atoms with E-state index in [1.165, 1.54) is 4.90 Å². The Morgan fingerprint density at radius 3 is 2.47 bits per heavy atom. The number of carbonyl (C=O) groups excluding carboxylic acids is 1. The van der Waals surface area contributed by atoms with Crippen LogP contribution in [0.4, 0.5) is 0 Å². The number of carboxylic acids is 1. The molecule has 5 nitrogen and oxygen atoms in total. The third kappa shape index (κ3) is 2.91. The van der Waals surface area contributed by atoms with Crippen LogP contribution in [-0.4, -0.2) is 39.5 Å². The van der Waals surface area contributed by atoms with Crippen molar-refractivity contribution >= 4 is 11.9 Å². The van der Waals surface area contributed by atoms with Crippen LogP contribution in [0.1, 0.15) is 59.3 Å². The zero-order chi connectivity index (χ0) is 14.7. The van der Waals surface area contributed by atoms with Crippen LogP contribution in [0, 0.1) is 0 Å². The molecule has 0 saturated carbocycles. The number of aliphatic carboxylic acids is 1. The van der Waals surface area contributed by atoms with Gasteiger partial charge in [0.1, 0.15) is 5.54 Å². The molecule has 0 bridgehead atoms. The largest absolute Gasteiger partial charge is 0.479 e. The Hall–Kier alpha value is -1.10. The van der Waals surface area contributed by atoms with Crippen LogP contribution in [0.3, 0.4) is 0 Å². The molecule has 0 spiro atoms. The molecule has 0 aromatic carbocycles. The van der Waals surface area contributed by atoms with Gasteiger partial charge in [0.2, 0.25) is 5.91 Å². The molecule has 1 aliphatic rings. The minimum atomic E-state index is -1.04. The van der Waals surface area contributed by atoms with Gasteiger partial charge in [-0.15, -0.1) is 0 Å². The molecular formula is C14H26N2O3. The van der Waals surface area contributed by atoms with Gasteiger partial charge in [0.25, 0.3) is 0 Å². The summed E-state index contributed by atoms with van der Waals surface area (Å²) in [5.41, 5.74) is 4.08. The lowest BCUT2D eigenvalue weighted by Gasteiger charge is -2.39. The third-order valence-electron chi connectivity index (χ3n) is 4.05. The van der Waals surface area contributed by atoms with Crippen LogP contribution >= 0.6 is 0 Å². The highest BCUT2D eigenvalue weighted by atomic mass is 16.4. The summed E-state index contributed by atoms with van der Waals surface area (Å²) in [6, 6.07) is 0. The topological polar surface area (TPSA) is 83.6 Å². The van der Waals surface area contributed by atoms with Crippen LogP contribution in [0.25, 0.3) is 0 Å². The van der Waals surface area contributed by atoms with Gasteiger partial charge in [-0.2, -0.15) is 0 Å². The first kappa shape index (κ1) is 16.0. The summed E-state index contributed by atoms with van der Waals surface area (Å²) in [7, 11) is 0. The van der Waals surface area contributed by atoms with Crippen molar-refractivity contribution in [2.75, 3.05) is 6.54 Å². The number of amides is 1. The number of hydrogen-bond acceptors (Lipinski definition) is 3. The first-order chi connectivity index (χ1) is 8.81. The third-order valence-corrected chi connectivity index (χ3v) is 4.05. The maximum absolute atomic E-state index is 12.6. The second-order valence-electron chi connectivity index (χ2n) is 5.81. The highest BCUT2D eigenvalue weighted by Gasteiger charge is 2.51. The zero-order valence-electron chi connectivity index (χ0n) is 12.2. The monoisotopic (exact) mass is 270 g/mol. The Balaban J connectivity index is 3.03. The number of carbonyl (C=O) groups is 2. The molecule has 0 aromatic rings. The lowest BCUT2D eigenvalue weighted by Crippen LogP contribution is -2.61. The summed E-state index contributed by atoms with van der Waals surface area (Å²) in [6.45, 7) is 6.12. The van der Waals surface area contributed by atoms with Gasteiger partial charge >= 0.3 is 5.97 Å². The Labute approximate surface area is 115 Å². The van der Waals surface area contributed by atoms with Gasteiger partial charge in [-0.1, -0.05) is 26.7 Å². The van der Waals surface area contributed by atoms with Crippen LogP contribution in [0.15, 0.2) is 0 Å². The normalized spacial score (nSPS) is 26.2. The van der Waals surface area contributed by atoms with E-state index in [4.69, 9.17) is 5.73 Å². The molecule has 0 aromatic heterocycles. The highest BCUT2D eigenvalue weighted by Crippen LogP contribution is 2.35.